The molecule has 0 aromatic carbocycles. The zero-order chi connectivity index (χ0) is 21.8. The highest BCUT2D eigenvalue weighted by atomic mass is 32.2. The number of hydrogen-bond donors (Lipinski definition) is 4. The predicted molar refractivity (Wildman–Crippen MR) is 85.9 cm³/mol. The van der Waals surface area contributed by atoms with E-state index in [9.17, 15) is 41.3 Å². The van der Waals surface area contributed by atoms with Crippen molar-refractivity contribution in [2.24, 2.45) is 5.14 Å². The molecule has 166 valence electrons. The fraction of sp³-hybridized carbons (Fsp3) is 1.00. The van der Waals surface area contributed by atoms with Crippen LogP contribution >= 0.6 is 0 Å². The average Bonchev–Trinajstić information content (AvgIpc) is 2.94. The summed E-state index contributed by atoms with van der Waals surface area (Å²) < 4.78 is 89.3. The third-order valence-electron chi connectivity index (χ3n) is 4.63. The van der Waals surface area contributed by atoms with Crippen LogP contribution in [0, 0.1) is 0 Å². The number of nitrogens with two attached hydrogens (primary N) is 1. The Morgan fingerprint density at radius 1 is 1.25 bits per heavy atom. The first-order chi connectivity index (χ1) is 12.6. The van der Waals surface area contributed by atoms with E-state index in [1.165, 1.54) is 13.8 Å². The van der Waals surface area contributed by atoms with Crippen LogP contribution in [0.3, 0.4) is 0 Å². The van der Waals surface area contributed by atoms with Gasteiger partial charge in [0.15, 0.2) is 21.8 Å². The van der Waals surface area contributed by atoms with Crippen molar-refractivity contribution in [3.05, 3.63) is 0 Å². The van der Waals surface area contributed by atoms with Crippen LogP contribution in [0.25, 0.3) is 0 Å². The summed E-state index contributed by atoms with van der Waals surface area (Å²) in [6.07, 6.45) is -5.26. The van der Waals surface area contributed by atoms with Gasteiger partial charge in [0.25, 0.3) is 5.79 Å². The van der Waals surface area contributed by atoms with E-state index >= 15 is 0 Å². The standard InChI is InChI=1S/C11H21NO13S3/c1-3-8(4-2)23-6-10(25-8,7(13)24-28(12,20)21)22-5-9(14,26(16)17)11(6,15)27(18)19/h6-7,13-15H,3-5H2,1-2H3,(H,16,17)(H,18,19)(H2,12,20,21)/p-2/t6-,7?,9+,10-,11-/m1/s1. The van der Waals surface area contributed by atoms with Crippen LogP contribution in [0.1, 0.15) is 26.7 Å². The molecule has 17 heteroatoms. The highest BCUT2D eigenvalue weighted by Crippen LogP contribution is 2.54. The Morgan fingerprint density at radius 3 is 2.18 bits per heavy atom. The maximum absolute atomic E-state index is 11.8. The molecule has 0 spiro atoms. The Bertz CT molecular complexity index is 772. The average molecular weight is 469 g/mol. The fourth-order valence-electron chi connectivity index (χ4n) is 3.03. The number of aliphatic hydroxyl groups is 3. The molecular formula is C11H19NO13S3-2. The zero-order valence-corrected chi connectivity index (χ0v) is 17.0. The van der Waals surface area contributed by atoms with Crippen LogP contribution in [-0.4, -0.2) is 81.7 Å². The minimum Gasteiger partial charge on any atom is -0.770 e. The van der Waals surface area contributed by atoms with Gasteiger partial charge in [-0.3, -0.25) is 8.42 Å². The molecule has 0 aromatic heterocycles. The van der Waals surface area contributed by atoms with E-state index in [1.807, 2.05) is 0 Å². The molecule has 0 radical (unpaired) electrons. The quantitative estimate of drug-likeness (QED) is 0.208. The molecule has 5 N–H and O–H groups in total. The second-order valence-electron chi connectivity index (χ2n) is 6.12. The Morgan fingerprint density at radius 2 is 1.79 bits per heavy atom. The molecule has 2 aliphatic rings. The maximum Gasteiger partial charge on any atom is 0.335 e. The first-order valence-corrected chi connectivity index (χ1v) is 11.3. The molecule has 2 aliphatic heterocycles. The molecule has 0 bridgehead atoms. The summed E-state index contributed by atoms with van der Waals surface area (Å²) in [5, 5.41) is 36.1. The van der Waals surface area contributed by atoms with Gasteiger partial charge >= 0.3 is 10.3 Å². The molecule has 2 fully saturated rings. The lowest BCUT2D eigenvalue weighted by Crippen LogP contribution is -2.78. The molecule has 2 heterocycles. The summed E-state index contributed by atoms with van der Waals surface area (Å²) in [5.74, 6) is -4.64. The maximum atomic E-state index is 11.8. The summed E-state index contributed by atoms with van der Waals surface area (Å²) >= 11 is -7.45. The van der Waals surface area contributed by atoms with Gasteiger partial charge in [0.05, 0.1) is 6.61 Å². The molecule has 28 heavy (non-hydrogen) atoms. The van der Waals surface area contributed by atoms with Crippen molar-refractivity contribution < 1.29 is 59.7 Å². The van der Waals surface area contributed by atoms with Crippen molar-refractivity contribution in [1.82, 2.24) is 0 Å². The molecular weight excluding hydrogens is 450 g/mol. The molecule has 14 nitrogen and oxygen atoms in total. The Kier molecular flexibility index (Phi) is 6.48. The normalized spacial score (nSPS) is 41.2. The van der Waals surface area contributed by atoms with Crippen molar-refractivity contribution in [3.63, 3.8) is 0 Å². The van der Waals surface area contributed by atoms with Crippen LogP contribution in [-0.2, 0) is 50.9 Å². The van der Waals surface area contributed by atoms with Crippen molar-refractivity contribution in [2.75, 3.05) is 6.61 Å². The van der Waals surface area contributed by atoms with Gasteiger partial charge in [0.1, 0.15) is 0 Å². The van der Waals surface area contributed by atoms with Crippen molar-refractivity contribution in [3.8, 4) is 0 Å². The third kappa shape index (κ3) is 3.47. The number of rotatable bonds is 7. The molecule has 3 unspecified atom stereocenters. The first kappa shape index (κ1) is 24.1. The summed E-state index contributed by atoms with van der Waals surface area (Å²) in [7, 11) is -4.86. The van der Waals surface area contributed by atoms with Gasteiger partial charge in [0, 0.05) is 0 Å². The Labute approximate surface area is 164 Å². The van der Waals surface area contributed by atoms with Crippen LogP contribution in [0.4, 0.5) is 0 Å². The first-order valence-electron chi connectivity index (χ1n) is 7.68. The minimum atomic E-state index is -4.86. The van der Waals surface area contributed by atoms with Gasteiger partial charge in [-0.05, 0) is 35.0 Å². The van der Waals surface area contributed by atoms with Gasteiger partial charge in [-0.1, -0.05) is 13.8 Å². The Balaban J connectivity index is 2.72. The molecule has 0 aliphatic carbocycles. The minimum absolute atomic E-state index is 0.0479. The molecule has 0 saturated carbocycles. The molecule has 0 aromatic rings. The van der Waals surface area contributed by atoms with Crippen molar-refractivity contribution in [2.45, 2.75) is 60.5 Å². The van der Waals surface area contributed by atoms with E-state index in [1.54, 1.807) is 0 Å². The van der Waals surface area contributed by atoms with Gasteiger partial charge in [0.2, 0.25) is 6.29 Å². The largest absolute Gasteiger partial charge is 0.770 e. The second kappa shape index (κ2) is 7.52. The number of hydrogen-bond acceptors (Lipinski definition) is 13. The summed E-state index contributed by atoms with van der Waals surface area (Å²) in [4.78, 5) is -7.12. The van der Waals surface area contributed by atoms with E-state index in [2.05, 4.69) is 9.32 Å². The molecule has 2 saturated heterocycles. The van der Waals surface area contributed by atoms with Crippen LogP contribution in [0.5, 0.6) is 0 Å². The number of ether oxygens (including phenoxy) is 3. The fourth-order valence-corrected chi connectivity index (χ4v) is 5.04. The molecule has 2 rings (SSSR count). The Hall–Kier alpha value is -0.150. The number of fused-ring (bicyclic) bond motifs is 1. The van der Waals surface area contributed by atoms with E-state index in [0.717, 1.165) is 0 Å². The lowest BCUT2D eigenvalue weighted by atomic mass is 9.95. The van der Waals surface area contributed by atoms with Crippen LogP contribution in [0.2, 0.25) is 0 Å². The highest BCUT2D eigenvalue weighted by molar-refractivity contribution is 7.85. The van der Waals surface area contributed by atoms with E-state index in [0.29, 0.717) is 0 Å². The lowest BCUT2D eigenvalue weighted by molar-refractivity contribution is -0.369. The SMILES string of the molecule is CCC1(CC)O[C@@H]2[C@@](C(O)OS(N)(=O)=O)(OC[C@](O)(S(=O)[O-])[C@]2(O)S(=O)[O-])O1. The monoisotopic (exact) mass is 469 g/mol. The summed E-state index contributed by atoms with van der Waals surface area (Å²) in [6, 6.07) is 0. The summed E-state index contributed by atoms with van der Waals surface area (Å²) in [6.45, 7) is 1.53. The van der Waals surface area contributed by atoms with E-state index in [-0.39, 0.29) is 12.8 Å². The predicted octanol–water partition coefficient (Wildman–Crippen LogP) is -3.68. The zero-order valence-electron chi connectivity index (χ0n) is 14.5. The van der Waals surface area contributed by atoms with Gasteiger partial charge in [-0.15, -0.1) is 0 Å². The third-order valence-corrected chi connectivity index (χ3v) is 7.25. The van der Waals surface area contributed by atoms with E-state index < -0.39 is 72.9 Å². The smallest absolute Gasteiger partial charge is 0.335 e. The molecule has 7 atom stereocenters. The van der Waals surface area contributed by atoms with Crippen LogP contribution in [0.15, 0.2) is 0 Å². The van der Waals surface area contributed by atoms with E-state index in [4.69, 9.17) is 14.2 Å². The van der Waals surface area contributed by atoms with Crippen LogP contribution < -0.4 is 5.14 Å². The van der Waals surface area contributed by atoms with Gasteiger partial charge in [-0.2, -0.15) is 8.42 Å². The topological polar surface area (TPSA) is 238 Å². The van der Waals surface area contributed by atoms with Crippen molar-refractivity contribution in [1.29, 1.82) is 0 Å². The molecule has 0 amide bonds. The van der Waals surface area contributed by atoms with Crippen molar-refractivity contribution >= 4 is 32.5 Å². The number of aliphatic hydroxyl groups excluding tert-OH is 1. The lowest BCUT2D eigenvalue weighted by Gasteiger charge is -2.55. The van der Waals surface area contributed by atoms with Gasteiger partial charge < -0.3 is 38.6 Å². The second-order valence-corrected chi connectivity index (χ2v) is 9.53. The summed E-state index contributed by atoms with van der Waals surface area (Å²) in [5.41, 5.74) is 0. The van der Waals surface area contributed by atoms with Gasteiger partial charge in [-0.25, -0.2) is 9.32 Å². The highest BCUT2D eigenvalue weighted by Gasteiger charge is 2.77.